The van der Waals surface area contributed by atoms with Crippen molar-refractivity contribution in [2.75, 3.05) is 13.7 Å². The molecule has 2 rings (SSSR count). The number of benzene rings is 1. The van der Waals surface area contributed by atoms with Gasteiger partial charge in [0, 0.05) is 23.6 Å². The molecule has 4 heteroatoms. The Morgan fingerprint density at radius 1 is 1.16 bits per heavy atom. The molecule has 1 heterocycles. The van der Waals surface area contributed by atoms with Crippen molar-refractivity contribution in [1.82, 2.24) is 9.97 Å². The summed E-state index contributed by atoms with van der Waals surface area (Å²) < 4.78 is 5.21. The van der Waals surface area contributed by atoms with Crippen LogP contribution in [-0.4, -0.2) is 28.8 Å². The summed E-state index contributed by atoms with van der Waals surface area (Å²) in [6.07, 6.45) is 0.593. The lowest BCUT2D eigenvalue weighted by Crippen LogP contribution is -2.04. The number of rotatable bonds is 4. The van der Waals surface area contributed by atoms with E-state index in [0.717, 1.165) is 28.3 Å². The van der Waals surface area contributed by atoms with Crippen LogP contribution in [0.25, 0.3) is 11.4 Å². The van der Waals surface area contributed by atoms with Crippen molar-refractivity contribution in [2.24, 2.45) is 0 Å². The Labute approximate surface area is 113 Å². The molecule has 1 N–H and O–H groups in total. The predicted octanol–water partition coefficient (Wildman–Crippen LogP) is 2.30. The standard InChI is InChI=1S/C15H18N2O2/c1-10-14(7-8-18)11(2)17-15(16-10)12-5-4-6-13(9-12)19-3/h4-6,9,18H,7-8H2,1-3H3. The molecule has 100 valence electrons. The molecule has 0 saturated heterocycles. The molecule has 4 nitrogen and oxygen atoms in total. The van der Waals surface area contributed by atoms with E-state index >= 15 is 0 Å². The van der Waals surface area contributed by atoms with Gasteiger partial charge in [0.05, 0.1) is 7.11 Å². The van der Waals surface area contributed by atoms with Crippen LogP contribution in [0.2, 0.25) is 0 Å². The van der Waals surface area contributed by atoms with Gasteiger partial charge in [-0.2, -0.15) is 0 Å². The van der Waals surface area contributed by atoms with Crippen LogP contribution in [0.4, 0.5) is 0 Å². The zero-order valence-corrected chi connectivity index (χ0v) is 11.5. The summed E-state index contributed by atoms with van der Waals surface area (Å²) in [5, 5.41) is 9.05. The highest BCUT2D eigenvalue weighted by molar-refractivity contribution is 5.58. The van der Waals surface area contributed by atoms with Crippen LogP contribution in [0, 0.1) is 13.8 Å². The van der Waals surface area contributed by atoms with Gasteiger partial charge in [0.15, 0.2) is 5.82 Å². The first-order chi connectivity index (χ1) is 9.15. The molecule has 0 bridgehead atoms. The van der Waals surface area contributed by atoms with E-state index < -0.39 is 0 Å². The molecule has 0 saturated carbocycles. The second-order valence-corrected chi connectivity index (χ2v) is 4.40. The third-order valence-corrected chi connectivity index (χ3v) is 3.11. The van der Waals surface area contributed by atoms with Crippen molar-refractivity contribution in [2.45, 2.75) is 20.3 Å². The lowest BCUT2D eigenvalue weighted by atomic mass is 10.1. The average molecular weight is 258 g/mol. The van der Waals surface area contributed by atoms with Crippen LogP contribution in [-0.2, 0) is 6.42 Å². The predicted molar refractivity (Wildman–Crippen MR) is 74.3 cm³/mol. The van der Waals surface area contributed by atoms with E-state index in [-0.39, 0.29) is 6.61 Å². The van der Waals surface area contributed by atoms with Crippen LogP contribution in [0.15, 0.2) is 24.3 Å². The fourth-order valence-electron chi connectivity index (χ4n) is 2.10. The Morgan fingerprint density at radius 3 is 2.42 bits per heavy atom. The van der Waals surface area contributed by atoms with Gasteiger partial charge in [0.25, 0.3) is 0 Å². The zero-order chi connectivity index (χ0) is 13.8. The van der Waals surface area contributed by atoms with E-state index in [1.165, 1.54) is 0 Å². The van der Waals surface area contributed by atoms with Crippen LogP contribution in [0.1, 0.15) is 17.0 Å². The number of aryl methyl sites for hydroxylation is 2. The van der Waals surface area contributed by atoms with Gasteiger partial charge in [-0.15, -0.1) is 0 Å². The molecular weight excluding hydrogens is 240 g/mol. The van der Waals surface area contributed by atoms with Gasteiger partial charge in [-0.3, -0.25) is 0 Å². The topological polar surface area (TPSA) is 55.2 Å². The maximum Gasteiger partial charge on any atom is 0.159 e. The number of aliphatic hydroxyl groups is 1. The van der Waals surface area contributed by atoms with Crippen molar-refractivity contribution < 1.29 is 9.84 Å². The summed E-state index contributed by atoms with van der Waals surface area (Å²) in [6.45, 7) is 4.01. The van der Waals surface area contributed by atoms with Crippen molar-refractivity contribution in [3.8, 4) is 17.1 Å². The third-order valence-electron chi connectivity index (χ3n) is 3.11. The minimum absolute atomic E-state index is 0.115. The largest absolute Gasteiger partial charge is 0.497 e. The normalized spacial score (nSPS) is 10.5. The average Bonchev–Trinajstić information content (AvgIpc) is 2.42. The van der Waals surface area contributed by atoms with Crippen LogP contribution < -0.4 is 4.74 Å². The molecule has 0 radical (unpaired) electrons. The van der Waals surface area contributed by atoms with E-state index in [1.807, 2.05) is 38.1 Å². The van der Waals surface area contributed by atoms with Crippen LogP contribution in [0.3, 0.4) is 0 Å². The zero-order valence-electron chi connectivity index (χ0n) is 11.5. The number of ether oxygens (including phenoxy) is 1. The molecule has 1 aromatic heterocycles. The van der Waals surface area contributed by atoms with E-state index in [2.05, 4.69) is 9.97 Å². The summed E-state index contributed by atoms with van der Waals surface area (Å²) in [6, 6.07) is 7.69. The number of hydrogen-bond acceptors (Lipinski definition) is 4. The third kappa shape index (κ3) is 2.90. The monoisotopic (exact) mass is 258 g/mol. The van der Waals surface area contributed by atoms with E-state index in [4.69, 9.17) is 9.84 Å². The van der Waals surface area contributed by atoms with Crippen LogP contribution >= 0.6 is 0 Å². The number of nitrogens with zero attached hydrogens (tertiary/aromatic N) is 2. The first kappa shape index (κ1) is 13.5. The summed E-state index contributed by atoms with van der Waals surface area (Å²) >= 11 is 0. The van der Waals surface area contributed by atoms with Crippen molar-refractivity contribution in [1.29, 1.82) is 0 Å². The summed E-state index contributed by atoms with van der Waals surface area (Å²) in [5.41, 5.74) is 3.79. The lowest BCUT2D eigenvalue weighted by Gasteiger charge is -2.10. The maximum absolute atomic E-state index is 9.05. The Kier molecular flexibility index (Phi) is 4.12. The van der Waals surface area contributed by atoms with Gasteiger partial charge < -0.3 is 9.84 Å². The van der Waals surface area contributed by atoms with E-state index in [1.54, 1.807) is 7.11 Å². The van der Waals surface area contributed by atoms with Crippen LogP contribution in [0.5, 0.6) is 5.75 Å². The van der Waals surface area contributed by atoms with Gasteiger partial charge >= 0.3 is 0 Å². The Morgan fingerprint density at radius 2 is 1.84 bits per heavy atom. The second-order valence-electron chi connectivity index (χ2n) is 4.40. The fraction of sp³-hybridized carbons (Fsp3) is 0.333. The van der Waals surface area contributed by atoms with Crippen molar-refractivity contribution in [3.05, 3.63) is 41.2 Å². The molecule has 0 aliphatic carbocycles. The number of aromatic nitrogens is 2. The summed E-state index contributed by atoms with van der Waals surface area (Å²) in [5.74, 6) is 1.48. The molecular formula is C15H18N2O2. The molecule has 0 aliphatic heterocycles. The SMILES string of the molecule is COc1cccc(-c2nc(C)c(CCO)c(C)n2)c1. The molecule has 0 atom stereocenters. The molecule has 0 fully saturated rings. The summed E-state index contributed by atoms with van der Waals surface area (Å²) in [4.78, 5) is 9.04. The quantitative estimate of drug-likeness (QED) is 0.914. The summed E-state index contributed by atoms with van der Waals surface area (Å²) in [7, 11) is 1.64. The number of hydrogen-bond donors (Lipinski definition) is 1. The Bertz CT molecular complexity index is 559. The Balaban J connectivity index is 2.45. The number of methoxy groups -OCH3 is 1. The second kappa shape index (κ2) is 5.80. The molecule has 0 unspecified atom stereocenters. The van der Waals surface area contributed by atoms with Gasteiger partial charge in [0.2, 0.25) is 0 Å². The first-order valence-corrected chi connectivity index (χ1v) is 6.25. The molecule has 0 aliphatic rings. The van der Waals surface area contributed by atoms with Gasteiger partial charge in [-0.1, -0.05) is 12.1 Å². The van der Waals surface area contributed by atoms with Gasteiger partial charge in [-0.25, -0.2) is 9.97 Å². The van der Waals surface area contributed by atoms with Gasteiger partial charge in [0.1, 0.15) is 5.75 Å². The van der Waals surface area contributed by atoms with E-state index in [0.29, 0.717) is 12.2 Å². The highest BCUT2D eigenvalue weighted by Gasteiger charge is 2.10. The lowest BCUT2D eigenvalue weighted by molar-refractivity contribution is 0.299. The van der Waals surface area contributed by atoms with Gasteiger partial charge in [-0.05, 0) is 38.0 Å². The molecule has 1 aromatic carbocycles. The molecule has 2 aromatic rings. The Hall–Kier alpha value is -1.94. The van der Waals surface area contributed by atoms with Crippen molar-refractivity contribution >= 4 is 0 Å². The van der Waals surface area contributed by atoms with Crippen molar-refractivity contribution in [3.63, 3.8) is 0 Å². The minimum atomic E-state index is 0.115. The maximum atomic E-state index is 9.05. The minimum Gasteiger partial charge on any atom is -0.497 e. The highest BCUT2D eigenvalue weighted by atomic mass is 16.5. The number of aliphatic hydroxyl groups excluding tert-OH is 1. The molecule has 0 spiro atoms. The highest BCUT2D eigenvalue weighted by Crippen LogP contribution is 2.22. The molecule has 19 heavy (non-hydrogen) atoms. The smallest absolute Gasteiger partial charge is 0.159 e. The van der Waals surface area contributed by atoms with E-state index in [9.17, 15) is 0 Å². The first-order valence-electron chi connectivity index (χ1n) is 6.25. The molecule has 0 amide bonds. The fourth-order valence-corrected chi connectivity index (χ4v) is 2.10.